The number of alkyl halides is 1. The van der Waals surface area contributed by atoms with Gasteiger partial charge in [-0.3, -0.25) is 4.79 Å². The number of ketones is 1. The Kier molecular flexibility index (Phi) is 5.04. The number of fused-ring (bicyclic) bond motifs is 1. The molecule has 5 nitrogen and oxygen atoms in total. The Balaban J connectivity index is 2.89. The largest absolute Gasteiger partial charge is 0.495 e. The fourth-order valence-electron chi connectivity index (χ4n) is 2.97. The van der Waals surface area contributed by atoms with Gasteiger partial charge < -0.3 is 18.9 Å². The number of hydrogen-bond donors (Lipinski definition) is 0. The van der Waals surface area contributed by atoms with Gasteiger partial charge in [0.25, 0.3) is 0 Å². The zero-order valence-electron chi connectivity index (χ0n) is 14.0. The summed E-state index contributed by atoms with van der Waals surface area (Å²) in [5, 5.41) is -0.419. The van der Waals surface area contributed by atoms with Gasteiger partial charge in [0.05, 0.1) is 25.2 Å². The van der Waals surface area contributed by atoms with Crippen LogP contribution in [0, 0.1) is 0 Å². The molecule has 0 radical (unpaired) electrons. The third-order valence-corrected chi connectivity index (χ3v) is 4.74. The Bertz CT molecular complexity index is 642. The minimum Gasteiger partial charge on any atom is -0.495 e. The Morgan fingerprint density at radius 1 is 1.17 bits per heavy atom. The lowest BCUT2D eigenvalue weighted by atomic mass is 9.87. The SMILES string of the molecule is COc1c(Cl)c(OC)c2c(c1C(C)=O)OC(C)(C)C(OC)C2Cl. The van der Waals surface area contributed by atoms with E-state index in [1.165, 1.54) is 21.1 Å². The van der Waals surface area contributed by atoms with E-state index in [2.05, 4.69) is 0 Å². The van der Waals surface area contributed by atoms with E-state index in [4.69, 9.17) is 42.1 Å². The maximum absolute atomic E-state index is 12.2. The van der Waals surface area contributed by atoms with Gasteiger partial charge in [-0.05, 0) is 20.8 Å². The van der Waals surface area contributed by atoms with Crippen molar-refractivity contribution in [2.75, 3.05) is 21.3 Å². The monoisotopic (exact) mass is 362 g/mol. The lowest BCUT2D eigenvalue weighted by Crippen LogP contribution is -2.49. The van der Waals surface area contributed by atoms with Crippen molar-refractivity contribution >= 4 is 29.0 Å². The Hall–Kier alpha value is -1.17. The molecule has 0 aromatic heterocycles. The van der Waals surface area contributed by atoms with Crippen LogP contribution in [0.15, 0.2) is 0 Å². The summed E-state index contributed by atoms with van der Waals surface area (Å²) in [6.07, 6.45) is -0.449. The third-order valence-electron chi connectivity index (χ3n) is 3.95. The first-order valence-corrected chi connectivity index (χ1v) is 7.86. The number of ether oxygens (including phenoxy) is 4. The molecule has 1 aliphatic heterocycles. The summed E-state index contributed by atoms with van der Waals surface area (Å²) in [6.45, 7) is 5.11. The number of halogens is 2. The van der Waals surface area contributed by atoms with Crippen molar-refractivity contribution in [3.05, 3.63) is 16.1 Å². The van der Waals surface area contributed by atoms with Crippen molar-refractivity contribution in [2.45, 2.75) is 37.9 Å². The van der Waals surface area contributed by atoms with Crippen molar-refractivity contribution in [2.24, 2.45) is 0 Å². The lowest BCUT2D eigenvalue weighted by Gasteiger charge is -2.43. The van der Waals surface area contributed by atoms with Crippen LogP contribution in [0.1, 0.15) is 42.1 Å². The van der Waals surface area contributed by atoms with E-state index in [1.54, 1.807) is 7.11 Å². The van der Waals surface area contributed by atoms with Crippen LogP contribution in [-0.4, -0.2) is 38.8 Å². The topological polar surface area (TPSA) is 54.0 Å². The van der Waals surface area contributed by atoms with E-state index in [0.29, 0.717) is 17.1 Å². The summed E-state index contributed by atoms with van der Waals surface area (Å²) >= 11 is 13.0. The zero-order valence-corrected chi connectivity index (χ0v) is 15.5. The molecule has 0 N–H and O–H groups in total. The molecule has 23 heavy (non-hydrogen) atoms. The molecule has 0 amide bonds. The van der Waals surface area contributed by atoms with Crippen LogP contribution < -0.4 is 14.2 Å². The molecule has 1 aliphatic rings. The molecule has 0 saturated carbocycles. The van der Waals surface area contributed by atoms with E-state index in [9.17, 15) is 4.79 Å². The predicted molar refractivity (Wildman–Crippen MR) is 88.7 cm³/mol. The van der Waals surface area contributed by atoms with Gasteiger partial charge in [-0.1, -0.05) is 11.6 Å². The zero-order chi connectivity index (χ0) is 17.5. The van der Waals surface area contributed by atoms with Gasteiger partial charge in [0.15, 0.2) is 11.5 Å². The van der Waals surface area contributed by atoms with Crippen molar-refractivity contribution in [1.29, 1.82) is 0 Å². The van der Waals surface area contributed by atoms with E-state index < -0.39 is 17.1 Å². The molecule has 128 valence electrons. The highest BCUT2D eigenvalue weighted by molar-refractivity contribution is 6.35. The first-order chi connectivity index (χ1) is 10.7. The van der Waals surface area contributed by atoms with Gasteiger partial charge in [-0.2, -0.15) is 0 Å². The number of carbonyl (C=O) groups excluding carboxylic acids is 1. The Morgan fingerprint density at radius 3 is 2.17 bits per heavy atom. The second-order valence-electron chi connectivity index (χ2n) is 5.82. The van der Waals surface area contributed by atoms with Gasteiger partial charge in [0.1, 0.15) is 33.8 Å². The maximum atomic E-state index is 12.2. The van der Waals surface area contributed by atoms with Crippen LogP contribution in [0.5, 0.6) is 17.2 Å². The second-order valence-corrected chi connectivity index (χ2v) is 6.67. The smallest absolute Gasteiger partial charge is 0.167 e. The molecule has 0 bridgehead atoms. The summed E-state index contributed by atoms with van der Waals surface area (Å²) in [5.74, 6) is 0.624. The average molecular weight is 363 g/mol. The van der Waals surface area contributed by atoms with Gasteiger partial charge >= 0.3 is 0 Å². The molecule has 0 spiro atoms. The highest BCUT2D eigenvalue weighted by Crippen LogP contribution is 2.55. The molecule has 0 fully saturated rings. The average Bonchev–Trinajstić information content (AvgIpc) is 2.46. The molecule has 1 heterocycles. The Morgan fingerprint density at radius 2 is 1.74 bits per heavy atom. The van der Waals surface area contributed by atoms with Crippen molar-refractivity contribution in [1.82, 2.24) is 0 Å². The summed E-state index contributed by atoms with van der Waals surface area (Å²) < 4.78 is 22.3. The number of benzene rings is 1. The highest BCUT2D eigenvalue weighted by atomic mass is 35.5. The minimum absolute atomic E-state index is 0.183. The number of carbonyl (C=O) groups is 1. The predicted octanol–water partition coefficient (Wildman–Crippen LogP) is 4.03. The van der Waals surface area contributed by atoms with Crippen LogP contribution in [-0.2, 0) is 4.74 Å². The lowest BCUT2D eigenvalue weighted by molar-refractivity contribution is -0.0680. The molecule has 2 atom stereocenters. The number of hydrogen-bond acceptors (Lipinski definition) is 5. The van der Waals surface area contributed by atoms with Gasteiger partial charge in [0.2, 0.25) is 0 Å². The van der Waals surface area contributed by atoms with Gasteiger partial charge in [-0.25, -0.2) is 0 Å². The molecular weight excluding hydrogens is 343 g/mol. The van der Waals surface area contributed by atoms with Crippen molar-refractivity contribution in [3.63, 3.8) is 0 Å². The van der Waals surface area contributed by atoms with Crippen LogP contribution >= 0.6 is 23.2 Å². The summed E-state index contributed by atoms with van der Waals surface area (Å²) in [4.78, 5) is 12.2. The number of methoxy groups -OCH3 is 3. The quantitative estimate of drug-likeness (QED) is 0.597. The molecule has 0 saturated heterocycles. The van der Waals surface area contributed by atoms with Crippen molar-refractivity contribution < 1.29 is 23.7 Å². The van der Waals surface area contributed by atoms with Crippen LogP contribution in [0.25, 0.3) is 0 Å². The third kappa shape index (κ3) is 2.75. The number of Topliss-reactive ketones (excluding diaryl/α,β-unsaturated/α-hetero) is 1. The van der Waals surface area contributed by atoms with E-state index in [0.717, 1.165) is 0 Å². The first-order valence-electron chi connectivity index (χ1n) is 7.05. The molecule has 1 aromatic rings. The van der Waals surface area contributed by atoms with E-state index in [-0.39, 0.29) is 22.1 Å². The summed E-state index contributed by atoms with van der Waals surface area (Å²) in [7, 11) is 4.46. The van der Waals surface area contributed by atoms with Crippen LogP contribution in [0.3, 0.4) is 0 Å². The summed E-state index contributed by atoms with van der Waals surface area (Å²) in [6, 6.07) is 0. The number of rotatable bonds is 4. The molecule has 2 rings (SSSR count). The standard InChI is InChI=1S/C16H20Cl2O5/c1-7(19)8-12-9(14(21-5)11(18)13(8)20-4)10(17)15(22-6)16(2,3)23-12/h10,15H,1-6H3. The molecule has 2 unspecified atom stereocenters. The van der Waals surface area contributed by atoms with Gasteiger partial charge in [0, 0.05) is 7.11 Å². The molecule has 7 heteroatoms. The van der Waals surface area contributed by atoms with Crippen LogP contribution in [0.2, 0.25) is 5.02 Å². The van der Waals surface area contributed by atoms with E-state index >= 15 is 0 Å². The first kappa shape index (κ1) is 18.2. The van der Waals surface area contributed by atoms with Crippen molar-refractivity contribution in [3.8, 4) is 17.2 Å². The summed E-state index contributed by atoms with van der Waals surface area (Å²) in [5.41, 5.74) is 0.000275. The molecule has 1 aromatic carbocycles. The fourth-order valence-corrected chi connectivity index (χ4v) is 3.92. The van der Waals surface area contributed by atoms with Gasteiger partial charge in [-0.15, -0.1) is 11.6 Å². The van der Waals surface area contributed by atoms with E-state index in [1.807, 2.05) is 13.8 Å². The highest BCUT2D eigenvalue weighted by Gasteiger charge is 2.48. The maximum Gasteiger partial charge on any atom is 0.167 e. The van der Waals surface area contributed by atoms with Crippen LogP contribution in [0.4, 0.5) is 0 Å². The molecular formula is C16H20Cl2O5. The fraction of sp³-hybridized carbons (Fsp3) is 0.562. The Labute approximate surface area is 145 Å². The minimum atomic E-state index is -0.748. The normalized spacial score (nSPS) is 22.1. The molecule has 0 aliphatic carbocycles. The second kappa shape index (κ2) is 6.38.